The number of aromatic nitrogens is 1. The monoisotopic (exact) mass is 305 g/mol. The second-order valence-electron chi connectivity index (χ2n) is 5.29. The van der Waals surface area contributed by atoms with Crippen LogP contribution in [0, 0.1) is 5.92 Å². The van der Waals surface area contributed by atoms with Gasteiger partial charge in [0.05, 0.1) is 11.9 Å². The molecule has 2 saturated heterocycles. The van der Waals surface area contributed by atoms with Gasteiger partial charge in [0.25, 0.3) is 0 Å². The second-order valence-corrected chi connectivity index (χ2v) is 5.29. The molecule has 2 aliphatic rings. The molecule has 3 N–H and O–H groups in total. The highest BCUT2D eigenvalue weighted by Crippen LogP contribution is 2.30. The third-order valence-corrected chi connectivity index (χ3v) is 3.66. The summed E-state index contributed by atoms with van der Waals surface area (Å²) in [6, 6.07) is 4.87. The Hall–Kier alpha value is -2.41. The van der Waals surface area contributed by atoms with E-state index in [1.165, 1.54) is 25.2 Å². The first-order valence-electron chi connectivity index (χ1n) is 7.07. The number of hydrogen-bond acceptors (Lipinski definition) is 5. The van der Waals surface area contributed by atoms with Gasteiger partial charge >= 0.3 is 11.9 Å². The molecule has 2 aliphatic heterocycles. The van der Waals surface area contributed by atoms with Crippen LogP contribution in [0.4, 0.5) is 5.69 Å². The van der Waals surface area contributed by atoms with Gasteiger partial charge in [0, 0.05) is 37.5 Å². The number of nitrogens with one attached hydrogen (secondary N) is 1. The lowest BCUT2D eigenvalue weighted by molar-refractivity contribution is -0.134. The number of anilines is 1. The van der Waals surface area contributed by atoms with Crippen molar-refractivity contribution >= 4 is 17.6 Å². The molecular weight excluding hydrogens is 286 g/mol. The predicted octanol–water partition coefficient (Wildman–Crippen LogP) is 0.592. The molecule has 1 aromatic heterocycles. The molecule has 0 radical (unpaired) electrons. The number of piperidine rings is 1. The van der Waals surface area contributed by atoms with E-state index in [1.54, 1.807) is 0 Å². The molecule has 2 atom stereocenters. The van der Waals surface area contributed by atoms with Gasteiger partial charge in [-0.3, -0.25) is 4.98 Å². The summed E-state index contributed by atoms with van der Waals surface area (Å²) in [5, 5.41) is 19.1. The van der Waals surface area contributed by atoms with Crippen molar-refractivity contribution < 1.29 is 19.8 Å². The maximum Gasteiger partial charge on any atom is 0.328 e. The van der Waals surface area contributed by atoms with Crippen molar-refractivity contribution in [3.63, 3.8) is 0 Å². The highest BCUT2D eigenvalue weighted by atomic mass is 16.4. The molecule has 7 heteroatoms. The molecule has 2 bridgehead atoms. The number of hydrogen-bond donors (Lipinski definition) is 3. The number of carboxylic acids is 2. The SMILES string of the molecule is O=C(O)/C=C/C(=O)O.c1cncc(N2C[C@@H]3CNC[C@H]2C3)c1. The molecule has 2 fully saturated rings. The Morgan fingerprint density at radius 1 is 1.27 bits per heavy atom. The van der Waals surface area contributed by atoms with Crippen molar-refractivity contribution in [2.75, 3.05) is 24.5 Å². The zero-order chi connectivity index (χ0) is 15.9. The molecule has 0 saturated carbocycles. The summed E-state index contributed by atoms with van der Waals surface area (Å²) in [7, 11) is 0. The number of carboxylic acid groups (broad SMARTS) is 2. The molecule has 118 valence electrons. The Balaban J connectivity index is 0.000000192. The van der Waals surface area contributed by atoms with Crippen molar-refractivity contribution in [1.82, 2.24) is 10.3 Å². The second kappa shape index (κ2) is 7.56. The first-order chi connectivity index (χ1) is 10.6. The van der Waals surface area contributed by atoms with Gasteiger partial charge < -0.3 is 20.4 Å². The number of rotatable bonds is 3. The number of nitrogens with zero attached hydrogens (tertiary/aromatic N) is 2. The normalized spacial score (nSPS) is 23.0. The van der Waals surface area contributed by atoms with E-state index in [1.807, 2.05) is 18.5 Å². The molecular formula is C15H19N3O4. The lowest BCUT2D eigenvalue weighted by Gasteiger charge is -2.26. The van der Waals surface area contributed by atoms with Crippen LogP contribution < -0.4 is 10.2 Å². The number of pyridine rings is 1. The summed E-state index contributed by atoms with van der Waals surface area (Å²) < 4.78 is 0. The molecule has 1 aromatic rings. The third-order valence-electron chi connectivity index (χ3n) is 3.66. The topological polar surface area (TPSA) is 103 Å². The number of carbonyl (C=O) groups is 2. The van der Waals surface area contributed by atoms with Crippen molar-refractivity contribution in [2.45, 2.75) is 12.5 Å². The van der Waals surface area contributed by atoms with Gasteiger partial charge in [-0.2, -0.15) is 0 Å². The van der Waals surface area contributed by atoms with E-state index < -0.39 is 11.9 Å². The van der Waals surface area contributed by atoms with Crippen molar-refractivity contribution in [3.05, 3.63) is 36.7 Å². The minimum Gasteiger partial charge on any atom is -0.478 e. The van der Waals surface area contributed by atoms with E-state index in [-0.39, 0.29) is 0 Å². The third kappa shape index (κ3) is 4.56. The van der Waals surface area contributed by atoms with Crippen LogP contribution in [-0.4, -0.2) is 52.8 Å². The summed E-state index contributed by atoms with van der Waals surface area (Å²) in [5.41, 5.74) is 1.28. The molecule has 0 unspecified atom stereocenters. The largest absolute Gasteiger partial charge is 0.478 e. The standard InChI is InChI=1S/C11H15N3.C4H4O4/c1-2-10(6-12-3-1)14-8-9-4-11(14)7-13-5-9;5-3(6)1-2-4(7)8/h1-3,6,9,11,13H,4-5,7-8H2;1-2H,(H,5,6)(H,7,8)/b;2-1+/t9-,11+;/m0./s1. The first kappa shape index (κ1) is 16.0. The van der Waals surface area contributed by atoms with Crippen LogP contribution in [0.15, 0.2) is 36.7 Å². The minimum atomic E-state index is -1.26. The zero-order valence-electron chi connectivity index (χ0n) is 12.1. The lowest BCUT2D eigenvalue weighted by atomic mass is 10.0. The highest BCUT2D eigenvalue weighted by Gasteiger charge is 2.34. The molecule has 0 aliphatic carbocycles. The van der Waals surface area contributed by atoms with Crippen LogP contribution in [0.1, 0.15) is 6.42 Å². The summed E-state index contributed by atoms with van der Waals surface area (Å²) in [4.78, 5) is 25.8. The Morgan fingerprint density at radius 3 is 2.55 bits per heavy atom. The molecule has 3 rings (SSSR count). The van der Waals surface area contributed by atoms with Gasteiger partial charge in [-0.05, 0) is 31.0 Å². The van der Waals surface area contributed by atoms with E-state index in [0.717, 1.165) is 12.5 Å². The Morgan fingerprint density at radius 2 is 2.00 bits per heavy atom. The van der Waals surface area contributed by atoms with Gasteiger partial charge in [0.2, 0.25) is 0 Å². The Bertz CT molecular complexity index is 531. The van der Waals surface area contributed by atoms with E-state index >= 15 is 0 Å². The van der Waals surface area contributed by atoms with E-state index in [4.69, 9.17) is 10.2 Å². The first-order valence-corrected chi connectivity index (χ1v) is 7.07. The Labute approximate surface area is 128 Å². The van der Waals surface area contributed by atoms with E-state index in [2.05, 4.69) is 21.3 Å². The fraction of sp³-hybridized carbons (Fsp3) is 0.400. The lowest BCUT2D eigenvalue weighted by Crippen LogP contribution is -2.39. The molecule has 3 heterocycles. The zero-order valence-corrected chi connectivity index (χ0v) is 12.1. The summed E-state index contributed by atoms with van der Waals surface area (Å²) in [6.45, 7) is 3.52. The summed E-state index contributed by atoms with van der Waals surface area (Å²) in [5.74, 6) is -1.67. The number of fused-ring (bicyclic) bond motifs is 2. The van der Waals surface area contributed by atoms with Gasteiger partial charge in [-0.15, -0.1) is 0 Å². The fourth-order valence-corrected chi connectivity index (χ4v) is 2.79. The van der Waals surface area contributed by atoms with Crippen LogP contribution in [-0.2, 0) is 9.59 Å². The van der Waals surface area contributed by atoms with Crippen LogP contribution in [0.25, 0.3) is 0 Å². The van der Waals surface area contributed by atoms with E-state index in [9.17, 15) is 9.59 Å². The summed E-state index contributed by atoms with van der Waals surface area (Å²) >= 11 is 0. The van der Waals surface area contributed by atoms with Crippen LogP contribution in [0.3, 0.4) is 0 Å². The average molecular weight is 305 g/mol. The van der Waals surface area contributed by atoms with Gasteiger partial charge in [0.15, 0.2) is 0 Å². The van der Waals surface area contributed by atoms with Crippen LogP contribution >= 0.6 is 0 Å². The number of aliphatic carboxylic acids is 2. The molecule has 22 heavy (non-hydrogen) atoms. The quantitative estimate of drug-likeness (QED) is 0.702. The van der Waals surface area contributed by atoms with Crippen molar-refractivity contribution in [1.29, 1.82) is 0 Å². The van der Waals surface area contributed by atoms with Gasteiger partial charge in [-0.1, -0.05) is 0 Å². The maximum absolute atomic E-state index is 9.55. The van der Waals surface area contributed by atoms with Gasteiger partial charge in [0.1, 0.15) is 0 Å². The van der Waals surface area contributed by atoms with Crippen molar-refractivity contribution in [2.24, 2.45) is 5.92 Å². The minimum absolute atomic E-state index is 0.558. The van der Waals surface area contributed by atoms with Crippen LogP contribution in [0.2, 0.25) is 0 Å². The van der Waals surface area contributed by atoms with E-state index in [0.29, 0.717) is 18.2 Å². The van der Waals surface area contributed by atoms with Crippen molar-refractivity contribution in [3.8, 4) is 0 Å². The molecule has 0 aromatic carbocycles. The summed E-state index contributed by atoms with van der Waals surface area (Å²) in [6.07, 6.45) is 6.28. The van der Waals surface area contributed by atoms with Gasteiger partial charge in [-0.25, -0.2) is 9.59 Å². The smallest absolute Gasteiger partial charge is 0.328 e. The highest BCUT2D eigenvalue weighted by molar-refractivity contribution is 5.89. The predicted molar refractivity (Wildman–Crippen MR) is 80.8 cm³/mol. The molecule has 7 nitrogen and oxygen atoms in total. The average Bonchev–Trinajstić information content (AvgIpc) is 2.81. The maximum atomic E-state index is 9.55. The van der Waals surface area contributed by atoms with Crippen LogP contribution in [0.5, 0.6) is 0 Å². The molecule has 0 spiro atoms. The molecule has 0 amide bonds. The fourth-order valence-electron chi connectivity index (χ4n) is 2.79. The Kier molecular flexibility index (Phi) is 5.48.